The topological polar surface area (TPSA) is 152 Å². The highest BCUT2D eigenvalue weighted by Gasteiger charge is 2.22. The molecule has 0 bridgehead atoms. The first-order valence-corrected chi connectivity index (χ1v) is 12.0. The van der Waals surface area contributed by atoms with Gasteiger partial charge in [-0.1, -0.05) is 12.1 Å². The summed E-state index contributed by atoms with van der Waals surface area (Å²) in [7, 11) is 2.91. The van der Waals surface area contributed by atoms with E-state index in [4.69, 9.17) is 30.5 Å². The van der Waals surface area contributed by atoms with Gasteiger partial charge in [0.05, 0.1) is 60.3 Å². The highest BCUT2D eigenvalue weighted by Crippen LogP contribution is 2.31. The van der Waals surface area contributed by atoms with Crippen molar-refractivity contribution in [2.45, 2.75) is 52.1 Å². The number of halogens is 1. The van der Waals surface area contributed by atoms with E-state index in [0.29, 0.717) is 51.5 Å². The molecule has 0 heterocycles. The molecule has 1 unspecified atom stereocenters. The summed E-state index contributed by atoms with van der Waals surface area (Å²) in [5.74, 6) is -0.0607. The van der Waals surface area contributed by atoms with Crippen molar-refractivity contribution in [3.05, 3.63) is 57.6 Å². The van der Waals surface area contributed by atoms with E-state index in [9.17, 15) is 30.0 Å². The SMILES string of the molecule is CCOC(=O)C(Cl)c1cc(CO)c(CO)c(OC)c1.CCOC(=O)Cc1cc(CO)c(CO)c(OC)c1. The van der Waals surface area contributed by atoms with Crippen LogP contribution in [0.1, 0.15) is 52.6 Å². The van der Waals surface area contributed by atoms with Crippen molar-refractivity contribution in [3.8, 4) is 11.5 Å². The van der Waals surface area contributed by atoms with Crippen molar-refractivity contribution in [1.29, 1.82) is 0 Å². The third-order valence-corrected chi connectivity index (χ3v) is 5.65. The molecule has 0 radical (unpaired) electrons. The van der Waals surface area contributed by atoms with Gasteiger partial charge in [0, 0.05) is 11.1 Å². The highest BCUT2D eigenvalue weighted by molar-refractivity contribution is 6.30. The van der Waals surface area contributed by atoms with Crippen molar-refractivity contribution in [3.63, 3.8) is 0 Å². The summed E-state index contributed by atoms with van der Waals surface area (Å²) < 4.78 is 20.0. The molecule has 0 aliphatic carbocycles. The summed E-state index contributed by atoms with van der Waals surface area (Å²) >= 11 is 6.01. The Morgan fingerprint density at radius 1 is 0.784 bits per heavy atom. The van der Waals surface area contributed by atoms with E-state index < -0.39 is 11.3 Å². The van der Waals surface area contributed by atoms with E-state index in [1.165, 1.54) is 14.2 Å². The Morgan fingerprint density at radius 2 is 1.30 bits per heavy atom. The predicted octanol–water partition coefficient (Wildman–Crippen LogP) is 2.31. The third kappa shape index (κ3) is 9.17. The quantitative estimate of drug-likeness (QED) is 0.232. The van der Waals surface area contributed by atoms with Gasteiger partial charge in [0.25, 0.3) is 0 Å². The van der Waals surface area contributed by atoms with Gasteiger partial charge < -0.3 is 39.4 Å². The molecule has 206 valence electrons. The van der Waals surface area contributed by atoms with Gasteiger partial charge in [0.2, 0.25) is 0 Å². The summed E-state index contributed by atoms with van der Waals surface area (Å²) in [6.07, 6.45) is 0.114. The van der Waals surface area contributed by atoms with Crippen LogP contribution < -0.4 is 9.47 Å². The van der Waals surface area contributed by atoms with Crippen molar-refractivity contribution in [2.24, 2.45) is 0 Å². The van der Waals surface area contributed by atoms with Crippen LogP contribution in [0.25, 0.3) is 0 Å². The van der Waals surface area contributed by atoms with E-state index in [2.05, 4.69) is 0 Å². The lowest BCUT2D eigenvalue weighted by molar-refractivity contribution is -0.143. The number of carbonyl (C=O) groups is 2. The van der Waals surface area contributed by atoms with E-state index >= 15 is 0 Å². The van der Waals surface area contributed by atoms with Crippen LogP contribution in [-0.2, 0) is 51.9 Å². The van der Waals surface area contributed by atoms with E-state index in [0.717, 1.165) is 0 Å². The molecule has 2 rings (SSSR count). The van der Waals surface area contributed by atoms with Crippen LogP contribution in [0, 0.1) is 0 Å². The maximum absolute atomic E-state index is 11.6. The Hall–Kier alpha value is -2.89. The molecule has 0 aliphatic heterocycles. The second kappa shape index (κ2) is 16.8. The Bertz CT molecular complexity index is 974. The van der Waals surface area contributed by atoms with E-state index in [1.54, 1.807) is 38.1 Å². The van der Waals surface area contributed by atoms with Crippen LogP contribution in [0.5, 0.6) is 11.5 Å². The van der Waals surface area contributed by atoms with Crippen LogP contribution in [0.2, 0.25) is 0 Å². The first kappa shape index (κ1) is 32.1. The zero-order valence-electron chi connectivity index (χ0n) is 21.5. The van der Waals surface area contributed by atoms with E-state index in [1.807, 2.05) is 0 Å². The monoisotopic (exact) mass is 542 g/mol. The Morgan fingerprint density at radius 3 is 1.76 bits per heavy atom. The zero-order chi connectivity index (χ0) is 28.0. The Balaban J connectivity index is 0.000000371. The summed E-state index contributed by atoms with van der Waals surface area (Å²) in [5.41, 5.74) is 3.17. The zero-order valence-corrected chi connectivity index (χ0v) is 22.2. The molecule has 10 nitrogen and oxygen atoms in total. The molecule has 37 heavy (non-hydrogen) atoms. The maximum Gasteiger partial charge on any atom is 0.328 e. The Labute approximate surface area is 221 Å². The number of rotatable bonds is 12. The molecule has 2 aromatic rings. The number of hydrogen-bond acceptors (Lipinski definition) is 10. The minimum Gasteiger partial charge on any atom is -0.496 e. The highest BCUT2D eigenvalue weighted by atomic mass is 35.5. The smallest absolute Gasteiger partial charge is 0.328 e. The van der Waals surface area contributed by atoms with Crippen LogP contribution in [0.4, 0.5) is 0 Å². The molecule has 0 fully saturated rings. The second-order valence-electron chi connectivity index (χ2n) is 7.53. The number of hydrogen-bond donors (Lipinski definition) is 4. The number of aliphatic hydroxyl groups is 4. The van der Waals surface area contributed by atoms with Gasteiger partial charge in [-0.15, -0.1) is 11.6 Å². The van der Waals surface area contributed by atoms with Crippen molar-refractivity contribution < 1.29 is 49.0 Å². The number of carbonyl (C=O) groups excluding carboxylic acids is 2. The molecular weight excluding hydrogens is 508 g/mol. The van der Waals surface area contributed by atoms with Gasteiger partial charge in [-0.05, 0) is 48.2 Å². The molecule has 0 spiro atoms. The van der Waals surface area contributed by atoms with Crippen LogP contribution >= 0.6 is 11.6 Å². The van der Waals surface area contributed by atoms with Crippen molar-refractivity contribution in [2.75, 3.05) is 27.4 Å². The summed E-state index contributed by atoms with van der Waals surface area (Å²) in [5, 5.41) is 36.1. The average Bonchev–Trinajstić information content (AvgIpc) is 2.91. The molecule has 0 saturated carbocycles. The second-order valence-corrected chi connectivity index (χ2v) is 7.96. The summed E-state index contributed by atoms with van der Waals surface area (Å²) in [6, 6.07) is 6.45. The van der Waals surface area contributed by atoms with Gasteiger partial charge in [0.15, 0.2) is 5.38 Å². The van der Waals surface area contributed by atoms with Crippen molar-refractivity contribution in [1.82, 2.24) is 0 Å². The number of benzene rings is 2. The molecule has 1 atom stereocenters. The minimum atomic E-state index is -0.980. The largest absolute Gasteiger partial charge is 0.496 e. The molecule has 0 amide bonds. The number of alkyl halides is 1. The molecule has 11 heteroatoms. The molecule has 2 aromatic carbocycles. The molecule has 0 saturated heterocycles. The normalized spacial score (nSPS) is 11.2. The fraction of sp³-hybridized carbons (Fsp3) is 0.462. The summed E-state index contributed by atoms with van der Waals surface area (Å²) in [6.45, 7) is 3.00. The van der Waals surface area contributed by atoms with Gasteiger partial charge in [0.1, 0.15) is 11.5 Å². The molecule has 0 aromatic heterocycles. The Kier molecular flexibility index (Phi) is 14.6. The lowest BCUT2D eigenvalue weighted by atomic mass is 10.0. The first-order valence-electron chi connectivity index (χ1n) is 11.5. The van der Waals surface area contributed by atoms with Crippen LogP contribution in [0.3, 0.4) is 0 Å². The lowest BCUT2D eigenvalue weighted by Crippen LogP contribution is -2.12. The predicted molar refractivity (Wildman–Crippen MR) is 135 cm³/mol. The fourth-order valence-electron chi connectivity index (χ4n) is 3.48. The molecule has 0 aliphatic rings. The average molecular weight is 543 g/mol. The number of methoxy groups -OCH3 is 2. The van der Waals surface area contributed by atoms with Gasteiger partial charge in [-0.25, -0.2) is 0 Å². The lowest BCUT2D eigenvalue weighted by Gasteiger charge is -2.15. The minimum absolute atomic E-state index is 0.114. The van der Waals surface area contributed by atoms with Crippen molar-refractivity contribution >= 4 is 23.5 Å². The molecule has 4 N–H and O–H groups in total. The molecular formula is C26H35ClO10. The number of aliphatic hydroxyl groups excluding tert-OH is 4. The van der Waals surface area contributed by atoms with Gasteiger partial charge in [-0.3, -0.25) is 9.59 Å². The fourth-order valence-corrected chi connectivity index (χ4v) is 3.67. The maximum atomic E-state index is 11.6. The summed E-state index contributed by atoms with van der Waals surface area (Å²) in [4.78, 5) is 23.0. The first-order chi connectivity index (χ1) is 17.7. The number of ether oxygens (including phenoxy) is 4. The van der Waals surface area contributed by atoms with Gasteiger partial charge >= 0.3 is 11.9 Å². The number of esters is 2. The third-order valence-electron chi connectivity index (χ3n) is 5.22. The standard InChI is InChI=1S/C13H17ClO5.C13H18O5/c1-3-19-13(17)12(14)8-4-9(6-15)10(7-16)11(5-8)18-2;1-3-18-13(16)6-9-4-10(7-14)11(8-15)12(5-9)17-2/h4-5,12,15-16H,3,6-7H2,1-2H3;4-5,14-15H,3,6-8H2,1-2H3. The van der Waals surface area contributed by atoms with Crippen LogP contribution in [-0.4, -0.2) is 59.8 Å². The van der Waals surface area contributed by atoms with Crippen LogP contribution in [0.15, 0.2) is 24.3 Å². The van der Waals surface area contributed by atoms with Gasteiger partial charge in [-0.2, -0.15) is 0 Å². The van der Waals surface area contributed by atoms with E-state index in [-0.39, 0.29) is 45.4 Å².